The summed E-state index contributed by atoms with van der Waals surface area (Å²) in [6.07, 6.45) is 0.666. The zero-order valence-corrected chi connectivity index (χ0v) is 8.19. The van der Waals surface area contributed by atoms with Crippen molar-refractivity contribution in [3.8, 4) is 0 Å². The van der Waals surface area contributed by atoms with E-state index in [0.717, 1.165) is 0 Å². The number of hydrogen-bond acceptors (Lipinski definition) is 3. The van der Waals surface area contributed by atoms with E-state index in [2.05, 4.69) is 0 Å². The molecule has 2 unspecified atom stereocenters. The van der Waals surface area contributed by atoms with Crippen LogP contribution < -0.4 is 5.73 Å². The molecule has 0 aromatic carbocycles. The normalized spacial score (nSPS) is 17.8. The Labute approximate surface area is 68.9 Å². The minimum absolute atomic E-state index is 0.246. The Morgan fingerprint density at radius 2 is 1.82 bits per heavy atom. The van der Waals surface area contributed by atoms with Crippen LogP contribution in [0.25, 0.3) is 0 Å². The first kappa shape index (κ1) is 10.9. The quantitative estimate of drug-likeness (QED) is 0.685. The van der Waals surface area contributed by atoms with Crippen molar-refractivity contribution in [1.29, 1.82) is 0 Å². The second-order valence-electron chi connectivity index (χ2n) is 2.93. The number of sulfone groups is 1. The van der Waals surface area contributed by atoms with Gasteiger partial charge in [-0.15, -0.1) is 0 Å². The van der Waals surface area contributed by atoms with Gasteiger partial charge < -0.3 is 5.73 Å². The van der Waals surface area contributed by atoms with Crippen molar-refractivity contribution in [1.82, 2.24) is 0 Å². The van der Waals surface area contributed by atoms with E-state index in [4.69, 9.17) is 5.73 Å². The maximum Gasteiger partial charge on any atom is 0.154 e. The molecule has 68 valence electrons. The standard InChI is InChI=1S/C7H17NO2S/c1-4-5-11(9,10)7(3)6(2)8/h6-7H,4-5,8H2,1-3H3. The van der Waals surface area contributed by atoms with Crippen LogP contribution in [0.15, 0.2) is 0 Å². The molecule has 4 heteroatoms. The molecule has 0 saturated carbocycles. The molecule has 0 heterocycles. The minimum atomic E-state index is -2.93. The predicted octanol–water partition coefficient (Wildman–Crippen LogP) is 0.547. The van der Waals surface area contributed by atoms with Crippen molar-refractivity contribution >= 4 is 9.84 Å². The second-order valence-corrected chi connectivity index (χ2v) is 5.41. The maximum atomic E-state index is 11.3. The van der Waals surface area contributed by atoms with Crippen molar-refractivity contribution in [2.75, 3.05) is 5.75 Å². The summed E-state index contributed by atoms with van der Waals surface area (Å²) in [5.41, 5.74) is 5.47. The Morgan fingerprint density at radius 3 is 2.09 bits per heavy atom. The van der Waals surface area contributed by atoms with Gasteiger partial charge in [0.05, 0.1) is 11.0 Å². The highest BCUT2D eigenvalue weighted by Crippen LogP contribution is 2.06. The van der Waals surface area contributed by atoms with E-state index in [1.165, 1.54) is 0 Å². The number of rotatable bonds is 4. The van der Waals surface area contributed by atoms with Crippen LogP contribution in [0.4, 0.5) is 0 Å². The fourth-order valence-electron chi connectivity index (χ4n) is 0.797. The van der Waals surface area contributed by atoms with E-state index >= 15 is 0 Å². The maximum absolute atomic E-state index is 11.3. The molecule has 2 atom stereocenters. The Hall–Kier alpha value is -0.0900. The lowest BCUT2D eigenvalue weighted by Gasteiger charge is -2.15. The van der Waals surface area contributed by atoms with Crippen molar-refractivity contribution in [2.45, 2.75) is 38.5 Å². The third-order valence-corrected chi connectivity index (χ3v) is 4.34. The van der Waals surface area contributed by atoms with Crippen LogP contribution in [-0.4, -0.2) is 25.5 Å². The molecule has 0 saturated heterocycles. The topological polar surface area (TPSA) is 60.2 Å². The fourth-order valence-corrected chi connectivity index (χ4v) is 2.39. The van der Waals surface area contributed by atoms with Crippen LogP contribution in [0.2, 0.25) is 0 Å². The molecule has 0 fully saturated rings. The number of hydrogen-bond donors (Lipinski definition) is 1. The van der Waals surface area contributed by atoms with Gasteiger partial charge in [0, 0.05) is 6.04 Å². The van der Waals surface area contributed by atoms with Crippen LogP contribution in [0, 0.1) is 0 Å². The van der Waals surface area contributed by atoms with E-state index in [1.807, 2.05) is 6.92 Å². The van der Waals surface area contributed by atoms with Crippen LogP contribution in [0.3, 0.4) is 0 Å². The first-order valence-electron chi connectivity index (χ1n) is 3.89. The molecule has 2 N–H and O–H groups in total. The third kappa shape index (κ3) is 3.20. The van der Waals surface area contributed by atoms with Gasteiger partial charge in [0.25, 0.3) is 0 Å². The average molecular weight is 179 g/mol. The Bertz CT molecular complexity index is 196. The zero-order valence-electron chi connectivity index (χ0n) is 7.37. The molecule has 0 spiro atoms. The highest BCUT2D eigenvalue weighted by Gasteiger charge is 2.22. The van der Waals surface area contributed by atoms with E-state index < -0.39 is 15.1 Å². The van der Waals surface area contributed by atoms with Crippen LogP contribution in [0.5, 0.6) is 0 Å². The van der Waals surface area contributed by atoms with Crippen molar-refractivity contribution < 1.29 is 8.42 Å². The van der Waals surface area contributed by atoms with Gasteiger partial charge >= 0.3 is 0 Å². The lowest BCUT2D eigenvalue weighted by atomic mass is 10.3. The van der Waals surface area contributed by atoms with Crippen LogP contribution >= 0.6 is 0 Å². The summed E-state index contributed by atoms with van der Waals surface area (Å²) in [6.45, 7) is 5.24. The van der Waals surface area contributed by atoms with E-state index in [1.54, 1.807) is 13.8 Å². The Balaban J connectivity index is 4.31. The molecule has 0 bridgehead atoms. The molecule has 0 radical (unpaired) electrons. The Morgan fingerprint density at radius 1 is 1.36 bits per heavy atom. The van der Waals surface area contributed by atoms with E-state index in [0.29, 0.717) is 6.42 Å². The summed E-state index contributed by atoms with van der Waals surface area (Å²) in [7, 11) is -2.93. The van der Waals surface area contributed by atoms with E-state index in [9.17, 15) is 8.42 Å². The molecular weight excluding hydrogens is 162 g/mol. The summed E-state index contributed by atoms with van der Waals surface area (Å²) in [4.78, 5) is 0. The average Bonchev–Trinajstić information content (AvgIpc) is 1.86. The van der Waals surface area contributed by atoms with Crippen LogP contribution in [0.1, 0.15) is 27.2 Å². The minimum Gasteiger partial charge on any atom is -0.327 e. The highest BCUT2D eigenvalue weighted by molar-refractivity contribution is 7.92. The number of nitrogens with two attached hydrogens (primary N) is 1. The van der Waals surface area contributed by atoms with Crippen molar-refractivity contribution in [2.24, 2.45) is 5.73 Å². The summed E-state index contributed by atoms with van der Waals surface area (Å²) in [6, 6.07) is -0.272. The molecule has 0 aliphatic rings. The van der Waals surface area contributed by atoms with Gasteiger partial charge in [-0.3, -0.25) is 0 Å². The molecule has 0 aliphatic carbocycles. The monoisotopic (exact) mass is 179 g/mol. The van der Waals surface area contributed by atoms with Gasteiger partial charge in [-0.05, 0) is 20.3 Å². The molecule has 0 aliphatic heterocycles. The largest absolute Gasteiger partial charge is 0.327 e. The van der Waals surface area contributed by atoms with Crippen molar-refractivity contribution in [3.05, 3.63) is 0 Å². The molecule has 11 heavy (non-hydrogen) atoms. The fraction of sp³-hybridized carbons (Fsp3) is 1.00. The molecule has 3 nitrogen and oxygen atoms in total. The predicted molar refractivity (Wildman–Crippen MR) is 47.2 cm³/mol. The lowest BCUT2D eigenvalue weighted by Crippen LogP contribution is -2.36. The second kappa shape index (κ2) is 4.07. The summed E-state index contributed by atoms with van der Waals surface area (Å²) in [5, 5.41) is -0.414. The highest BCUT2D eigenvalue weighted by atomic mass is 32.2. The van der Waals surface area contributed by atoms with E-state index in [-0.39, 0.29) is 11.8 Å². The zero-order chi connectivity index (χ0) is 9.07. The lowest BCUT2D eigenvalue weighted by molar-refractivity contribution is 0.567. The Kier molecular flexibility index (Phi) is 4.03. The van der Waals surface area contributed by atoms with Gasteiger partial charge in [-0.2, -0.15) is 0 Å². The van der Waals surface area contributed by atoms with Gasteiger partial charge in [0.15, 0.2) is 9.84 Å². The van der Waals surface area contributed by atoms with Gasteiger partial charge in [-0.1, -0.05) is 6.92 Å². The molecule has 0 rings (SSSR count). The van der Waals surface area contributed by atoms with Gasteiger partial charge in [0.2, 0.25) is 0 Å². The van der Waals surface area contributed by atoms with Gasteiger partial charge in [0.1, 0.15) is 0 Å². The summed E-state index contributed by atoms with van der Waals surface area (Å²) < 4.78 is 22.6. The van der Waals surface area contributed by atoms with Gasteiger partial charge in [-0.25, -0.2) is 8.42 Å². The third-order valence-electron chi connectivity index (χ3n) is 1.80. The first-order valence-corrected chi connectivity index (χ1v) is 5.60. The first-order chi connectivity index (χ1) is 4.91. The SMILES string of the molecule is CCCS(=O)(=O)C(C)C(C)N. The molecule has 0 amide bonds. The van der Waals surface area contributed by atoms with Crippen molar-refractivity contribution in [3.63, 3.8) is 0 Å². The smallest absolute Gasteiger partial charge is 0.154 e. The molecule has 0 aromatic rings. The summed E-state index contributed by atoms with van der Waals surface area (Å²) >= 11 is 0. The molecular formula is C7H17NO2S. The van der Waals surface area contributed by atoms with Crippen LogP contribution in [-0.2, 0) is 9.84 Å². The summed E-state index contributed by atoms with van der Waals surface area (Å²) in [5.74, 6) is 0.246. The molecule has 0 aromatic heterocycles.